The minimum atomic E-state index is -4.88. The maximum atomic E-state index is 13.1. The zero-order valence-electron chi connectivity index (χ0n) is 11.4. The van der Waals surface area contributed by atoms with Crippen LogP contribution in [0.4, 0.5) is 26.3 Å². The molecular formula is C15H6Br2F6O. The van der Waals surface area contributed by atoms with Crippen LogP contribution in [0.5, 0.6) is 0 Å². The summed E-state index contributed by atoms with van der Waals surface area (Å²) in [5.74, 6) is -1.36. The predicted octanol–water partition coefficient (Wildman–Crippen LogP) is 6.48. The third kappa shape index (κ3) is 4.00. The van der Waals surface area contributed by atoms with Gasteiger partial charge in [-0.2, -0.15) is 26.3 Å². The van der Waals surface area contributed by atoms with Gasteiger partial charge in [0.15, 0.2) is 5.78 Å². The van der Waals surface area contributed by atoms with Crippen molar-refractivity contribution >= 4 is 37.6 Å². The first kappa shape index (κ1) is 19.0. The Morgan fingerprint density at radius 2 is 1.04 bits per heavy atom. The molecule has 9 heteroatoms. The minimum absolute atomic E-state index is 0.141. The number of hydrogen-bond donors (Lipinski definition) is 0. The molecule has 128 valence electrons. The molecule has 0 saturated heterocycles. The van der Waals surface area contributed by atoms with E-state index in [2.05, 4.69) is 31.9 Å². The lowest BCUT2D eigenvalue weighted by atomic mass is 9.94. The summed E-state index contributed by atoms with van der Waals surface area (Å²) in [5, 5.41) is 0. The smallest absolute Gasteiger partial charge is 0.289 e. The van der Waals surface area contributed by atoms with Crippen molar-refractivity contribution in [2.24, 2.45) is 0 Å². The minimum Gasteiger partial charge on any atom is -0.289 e. The summed E-state index contributed by atoms with van der Waals surface area (Å²) < 4.78 is 78.7. The van der Waals surface area contributed by atoms with E-state index in [1.165, 1.54) is 0 Å². The molecule has 0 aromatic heterocycles. The van der Waals surface area contributed by atoms with Gasteiger partial charge in [0, 0.05) is 20.1 Å². The molecule has 0 fully saturated rings. The predicted molar refractivity (Wildman–Crippen MR) is 81.7 cm³/mol. The van der Waals surface area contributed by atoms with E-state index in [0.29, 0.717) is 12.1 Å². The molecular weight excluding hydrogens is 470 g/mol. The second-order valence-electron chi connectivity index (χ2n) is 4.70. The summed E-state index contributed by atoms with van der Waals surface area (Å²) in [6.07, 6.45) is -9.76. The summed E-state index contributed by atoms with van der Waals surface area (Å²) >= 11 is 5.85. The van der Waals surface area contributed by atoms with Gasteiger partial charge in [0.1, 0.15) is 0 Å². The van der Waals surface area contributed by atoms with Crippen LogP contribution in [-0.4, -0.2) is 5.78 Å². The van der Waals surface area contributed by atoms with Crippen molar-refractivity contribution < 1.29 is 31.1 Å². The van der Waals surface area contributed by atoms with Crippen molar-refractivity contribution in [2.45, 2.75) is 12.4 Å². The van der Waals surface area contributed by atoms with E-state index >= 15 is 0 Å². The number of carbonyl (C=O) groups excluding carboxylic acids is 1. The first-order valence-electron chi connectivity index (χ1n) is 6.19. The molecule has 0 amide bonds. The Bertz CT molecular complexity index is 730. The summed E-state index contributed by atoms with van der Waals surface area (Å²) in [6, 6.07) is 5.11. The first-order valence-corrected chi connectivity index (χ1v) is 7.78. The molecule has 0 unspecified atom stereocenters. The van der Waals surface area contributed by atoms with Gasteiger partial charge < -0.3 is 0 Å². The molecule has 1 nitrogen and oxygen atoms in total. The number of halogens is 8. The quantitative estimate of drug-likeness (QED) is 0.359. The van der Waals surface area contributed by atoms with Crippen LogP contribution in [0.2, 0.25) is 0 Å². The van der Waals surface area contributed by atoms with Gasteiger partial charge in [-0.3, -0.25) is 4.79 Å². The van der Waals surface area contributed by atoms with E-state index in [1.54, 1.807) is 0 Å². The highest BCUT2D eigenvalue weighted by molar-refractivity contribution is 9.10. The van der Waals surface area contributed by atoms with Crippen molar-refractivity contribution in [1.29, 1.82) is 0 Å². The fourth-order valence-electron chi connectivity index (χ4n) is 2.05. The number of alkyl halides is 6. The molecule has 0 bridgehead atoms. The summed E-state index contributed by atoms with van der Waals surface area (Å²) in [4.78, 5) is 12.4. The van der Waals surface area contributed by atoms with Crippen LogP contribution in [0.1, 0.15) is 27.0 Å². The van der Waals surface area contributed by atoms with Crippen LogP contribution < -0.4 is 0 Å². The molecule has 0 aliphatic carbocycles. The monoisotopic (exact) mass is 474 g/mol. The van der Waals surface area contributed by atoms with Gasteiger partial charge >= 0.3 is 12.4 Å². The van der Waals surface area contributed by atoms with Crippen LogP contribution in [0.3, 0.4) is 0 Å². The lowest BCUT2D eigenvalue weighted by Crippen LogP contribution is -2.18. The van der Waals surface area contributed by atoms with E-state index in [9.17, 15) is 31.1 Å². The highest BCUT2D eigenvalue weighted by Gasteiger charge is 2.39. The van der Waals surface area contributed by atoms with Crippen molar-refractivity contribution in [1.82, 2.24) is 0 Å². The molecule has 0 radical (unpaired) electrons. The van der Waals surface area contributed by atoms with Gasteiger partial charge in [-0.25, -0.2) is 0 Å². The van der Waals surface area contributed by atoms with Crippen molar-refractivity contribution in [2.75, 3.05) is 0 Å². The van der Waals surface area contributed by atoms with Gasteiger partial charge in [0.2, 0.25) is 0 Å². The topological polar surface area (TPSA) is 17.1 Å². The van der Waals surface area contributed by atoms with E-state index in [1.807, 2.05) is 0 Å². The van der Waals surface area contributed by atoms with Crippen molar-refractivity contribution in [3.8, 4) is 0 Å². The number of benzene rings is 2. The molecule has 0 saturated carbocycles. The average molecular weight is 476 g/mol. The molecule has 0 spiro atoms. The molecule has 0 aliphatic rings. The maximum absolute atomic E-state index is 13.1. The van der Waals surface area contributed by atoms with Crippen molar-refractivity contribution in [3.63, 3.8) is 0 Å². The normalized spacial score (nSPS) is 12.3. The van der Waals surface area contributed by atoms with E-state index in [4.69, 9.17) is 0 Å². The maximum Gasteiger partial charge on any atom is 0.417 e. The van der Waals surface area contributed by atoms with Crippen LogP contribution >= 0.6 is 31.9 Å². The van der Waals surface area contributed by atoms with Crippen LogP contribution in [-0.2, 0) is 12.4 Å². The standard InChI is InChI=1S/C15H6Br2F6O/c16-7-1-3-11(14(18,19)20)9(5-7)13(24)10-6-8(17)2-4-12(10)15(21,22)23/h1-6H. The summed E-state index contributed by atoms with van der Waals surface area (Å²) in [6.45, 7) is 0. The average Bonchev–Trinajstić information content (AvgIpc) is 2.43. The van der Waals surface area contributed by atoms with E-state index in [0.717, 1.165) is 24.3 Å². The largest absolute Gasteiger partial charge is 0.417 e. The van der Waals surface area contributed by atoms with Gasteiger partial charge in [-0.15, -0.1) is 0 Å². The number of ketones is 1. The highest BCUT2D eigenvalue weighted by Crippen LogP contribution is 2.38. The fraction of sp³-hybridized carbons (Fsp3) is 0.133. The second-order valence-corrected chi connectivity index (χ2v) is 6.54. The van der Waals surface area contributed by atoms with Crippen LogP contribution in [0.15, 0.2) is 45.3 Å². The molecule has 0 N–H and O–H groups in total. The Kier molecular flexibility index (Phi) is 5.15. The molecule has 0 aliphatic heterocycles. The summed E-state index contributed by atoms with van der Waals surface area (Å²) in [7, 11) is 0. The zero-order valence-corrected chi connectivity index (χ0v) is 14.6. The zero-order chi connectivity index (χ0) is 18.3. The van der Waals surface area contributed by atoms with E-state index < -0.39 is 40.4 Å². The second kappa shape index (κ2) is 6.51. The number of hydrogen-bond acceptors (Lipinski definition) is 1. The Labute approximate surface area is 148 Å². The van der Waals surface area contributed by atoms with E-state index in [-0.39, 0.29) is 8.95 Å². The molecule has 24 heavy (non-hydrogen) atoms. The molecule has 0 heterocycles. The van der Waals surface area contributed by atoms with Crippen LogP contribution in [0, 0.1) is 0 Å². The Morgan fingerprint density at radius 3 is 1.33 bits per heavy atom. The van der Waals surface area contributed by atoms with Gasteiger partial charge in [-0.1, -0.05) is 31.9 Å². The van der Waals surface area contributed by atoms with Gasteiger partial charge in [0.05, 0.1) is 11.1 Å². The Balaban J connectivity index is 2.71. The lowest BCUT2D eigenvalue weighted by Gasteiger charge is -2.16. The number of rotatable bonds is 2. The van der Waals surface area contributed by atoms with Gasteiger partial charge in [-0.05, 0) is 36.4 Å². The van der Waals surface area contributed by atoms with Gasteiger partial charge in [0.25, 0.3) is 0 Å². The summed E-state index contributed by atoms with van der Waals surface area (Å²) in [5.41, 5.74) is -4.33. The highest BCUT2D eigenvalue weighted by atomic mass is 79.9. The first-order chi connectivity index (χ1) is 10.9. The molecule has 2 rings (SSSR count). The molecule has 2 aromatic rings. The lowest BCUT2D eigenvalue weighted by molar-refractivity contribution is -0.138. The Hall–Kier alpha value is -1.35. The SMILES string of the molecule is O=C(c1cc(Br)ccc1C(F)(F)F)c1cc(Br)ccc1C(F)(F)F. The number of carbonyl (C=O) groups is 1. The fourth-order valence-corrected chi connectivity index (χ4v) is 2.77. The molecule has 2 aromatic carbocycles. The Morgan fingerprint density at radius 1 is 0.708 bits per heavy atom. The van der Waals surface area contributed by atoms with Crippen molar-refractivity contribution in [3.05, 3.63) is 67.6 Å². The third-order valence-corrected chi connectivity index (χ3v) is 4.05. The van der Waals surface area contributed by atoms with Crippen LogP contribution in [0.25, 0.3) is 0 Å². The third-order valence-electron chi connectivity index (χ3n) is 3.06. The molecule has 0 atom stereocenters.